The molecule has 6 heteroatoms. The lowest BCUT2D eigenvalue weighted by Gasteiger charge is -2.38. The van der Waals surface area contributed by atoms with Crippen LogP contribution in [0.2, 0.25) is 5.02 Å². The molecule has 1 aromatic heterocycles. The van der Waals surface area contributed by atoms with Gasteiger partial charge in [0.1, 0.15) is 0 Å². The molecule has 2 aromatic rings. The van der Waals surface area contributed by atoms with Gasteiger partial charge in [-0.05, 0) is 38.2 Å². The molecule has 0 unspecified atom stereocenters. The zero-order valence-corrected chi connectivity index (χ0v) is 12.5. The van der Waals surface area contributed by atoms with E-state index in [1.807, 2.05) is 6.07 Å². The van der Waals surface area contributed by atoms with Crippen LogP contribution in [0.5, 0.6) is 0 Å². The molecule has 0 radical (unpaired) electrons. The number of hydrogen-bond donors (Lipinski definition) is 3. The van der Waals surface area contributed by atoms with Crippen LogP contribution in [0.4, 0.5) is 5.69 Å². The Labute approximate surface area is 122 Å². The van der Waals surface area contributed by atoms with Crippen LogP contribution in [0.1, 0.15) is 13.8 Å². The highest BCUT2D eigenvalue weighted by molar-refractivity contribution is 7.71. The van der Waals surface area contributed by atoms with E-state index in [-0.39, 0.29) is 0 Å². The lowest BCUT2D eigenvalue weighted by Crippen LogP contribution is -2.54. The van der Waals surface area contributed by atoms with Gasteiger partial charge in [0.2, 0.25) is 0 Å². The summed E-state index contributed by atoms with van der Waals surface area (Å²) in [6, 6.07) is 4.94. The lowest BCUT2D eigenvalue weighted by atomic mass is 10.1. The summed E-state index contributed by atoms with van der Waals surface area (Å²) in [5.74, 6) is 0. The van der Waals surface area contributed by atoms with E-state index in [4.69, 9.17) is 23.8 Å². The number of imidazole rings is 1. The second kappa shape index (κ2) is 4.81. The first-order valence-corrected chi connectivity index (χ1v) is 7.24. The Balaban J connectivity index is 2.03. The number of piperazine rings is 1. The minimum absolute atomic E-state index is 0.459. The molecule has 0 bridgehead atoms. The Morgan fingerprint density at radius 3 is 2.37 bits per heavy atom. The number of anilines is 1. The molecule has 1 saturated heterocycles. The molecule has 1 aromatic carbocycles. The van der Waals surface area contributed by atoms with Crippen LogP contribution in [-0.2, 0) is 0 Å². The molecule has 3 rings (SSSR count). The summed E-state index contributed by atoms with van der Waals surface area (Å²) in [6.45, 7) is 6.30. The number of H-pyrrole nitrogens is 2. The van der Waals surface area contributed by atoms with Gasteiger partial charge < -0.3 is 20.2 Å². The second-order valence-electron chi connectivity index (χ2n) is 5.30. The van der Waals surface area contributed by atoms with E-state index in [1.54, 1.807) is 0 Å². The molecule has 1 aliphatic heterocycles. The molecule has 0 spiro atoms. The summed E-state index contributed by atoms with van der Waals surface area (Å²) in [6.07, 6.45) is 0. The summed E-state index contributed by atoms with van der Waals surface area (Å²) >= 11 is 11.5. The molecule has 2 heterocycles. The van der Waals surface area contributed by atoms with Crippen LogP contribution >= 0.6 is 23.8 Å². The number of rotatable bonds is 1. The van der Waals surface area contributed by atoms with Gasteiger partial charge >= 0.3 is 0 Å². The maximum absolute atomic E-state index is 6.41. The van der Waals surface area contributed by atoms with Gasteiger partial charge in [0.25, 0.3) is 0 Å². The third kappa shape index (κ3) is 2.50. The molecule has 3 N–H and O–H groups in total. The number of aromatic nitrogens is 2. The van der Waals surface area contributed by atoms with Crippen LogP contribution in [0.25, 0.3) is 11.0 Å². The van der Waals surface area contributed by atoms with E-state index >= 15 is 0 Å². The Morgan fingerprint density at radius 1 is 1.16 bits per heavy atom. The summed E-state index contributed by atoms with van der Waals surface area (Å²) in [5.41, 5.74) is 3.03. The van der Waals surface area contributed by atoms with Crippen molar-refractivity contribution in [1.82, 2.24) is 15.3 Å². The quantitative estimate of drug-likeness (QED) is 0.709. The van der Waals surface area contributed by atoms with Crippen molar-refractivity contribution in [2.45, 2.75) is 25.9 Å². The highest BCUT2D eigenvalue weighted by atomic mass is 35.5. The Bertz CT molecular complexity index is 652. The number of nitrogens with zero attached hydrogens (tertiary/aromatic N) is 1. The maximum atomic E-state index is 6.41. The Hall–Kier alpha value is -1.04. The fourth-order valence-electron chi connectivity index (χ4n) is 2.81. The van der Waals surface area contributed by atoms with Crippen molar-refractivity contribution in [1.29, 1.82) is 0 Å². The van der Waals surface area contributed by atoms with Gasteiger partial charge in [-0.1, -0.05) is 11.6 Å². The third-order valence-electron chi connectivity index (χ3n) is 3.48. The number of aromatic amines is 2. The van der Waals surface area contributed by atoms with E-state index < -0.39 is 0 Å². The van der Waals surface area contributed by atoms with Gasteiger partial charge in [0.05, 0.1) is 21.7 Å². The van der Waals surface area contributed by atoms with Gasteiger partial charge in [-0.15, -0.1) is 0 Å². The van der Waals surface area contributed by atoms with Crippen molar-refractivity contribution < 1.29 is 0 Å². The fourth-order valence-corrected chi connectivity index (χ4v) is 3.31. The standard InChI is InChI=1S/C13H17ClN4S/c1-7-5-18(6-8(2)15-7)12-4-11-10(3-9(12)14)16-13(19)17-11/h3-4,7-8,15H,5-6H2,1-2H3,(H2,16,17,19)/t7-,8+. The van der Waals surface area contributed by atoms with E-state index in [1.165, 1.54) is 0 Å². The predicted molar refractivity (Wildman–Crippen MR) is 82.8 cm³/mol. The van der Waals surface area contributed by atoms with Crippen LogP contribution in [-0.4, -0.2) is 35.1 Å². The van der Waals surface area contributed by atoms with Crippen LogP contribution in [0, 0.1) is 4.77 Å². The zero-order valence-electron chi connectivity index (χ0n) is 11.0. The Morgan fingerprint density at radius 2 is 1.74 bits per heavy atom. The van der Waals surface area contributed by atoms with Gasteiger partial charge in [-0.25, -0.2) is 0 Å². The number of halogens is 1. The summed E-state index contributed by atoms with van der Waals surface area (Å²) < 4.78 is 0.630. The molecule has 0 saturated carbocycles. The lowest BCUT2D eigenvalue weighted by molar-refractivity contribution is 0.407. The molecule has 2 atom stereocenters. The van der Waals surface area contributed by atoms with Crippen molar-refractivity contribution >= 4 is 40.5 Å². The van der Waals surface area contributed by atoms with Crippen molar-refractivity contribution in [2.24, 2.45) is 0 Å². The first-order chi connectivity index (χ1) is 9.02. The van der Waals surface area contributed by atoms with Gasteiger partial charge in [-0.2, -0.15) is 0 Å². The minimum atomic E-state index is 0.459. The number of nitrogens with one attached hydrogen (secondary N) is 3. The first-order valence-electron chi connectivity index (χ1n) is 6.45. The first kappa shape index (κ1) is 13.0. The number of hydrogen-bond acceptors (Lipinski definition) is 3. The molecular weight excluding hydrogens is 280 g/mol. The summed E-state index contributed by atoms with van der Waals surface area (Å²) in [4.78, 5) is 8.57. The zero-order chi connectivity index (χ0) is 13.6. The van der Waals surface area contributed by atoms with Crippen LogP contribution in [0.15, 0.2) is 12.1 Å². The van der Waals surface area contributed by atoms with E-state index in [0.29, 0.717) is 16.9 Å². The maximum Gasteiger partial charge on any atom is 0.175 e. The molecule has 102 valence electrons. The monoisotopic (exact) mass is 296 g/mol. The van der Waals surface area contributed by atoms with Crippen molar-refractivity contribution in [3.05, 3.63) is 21.9 Å². The van der Waals surface area contributed by atoms with Crippen molar-refractivity contribution in [2.75, 3.05) is 18.0 Å². The SMILES string of the molecule is C[C@@H]1CN(c2cc3[nH]c(=S)[nH]c3cc2Cl)C[C@H](C)N1. The van der Waals surface area contributed by atoms with Gasteiger partial charge in [0.15, 0.2) is 4.77 Å². The Kier molecular flexibility index (Phi) is 3.28. The fraction of sp³-hybridized carbons (Fsp3) is 0.462. The number of benzene rings is 1. The van der Waals surface area contributed by atoms with Crippen LogP contribution < -0.4 is 10.2 Å². The second-order valence-corrected chi connectivity index (χ2v) is 6.12. The highest BCUT2D eigenvalue weighted by Gasteiger charge is 2.23. The summed E-state index contributed by atoms with van der Waals surface area (Å²) in [7, 11) is 0. The molecule has 1 fully saturated rings. The van der Waals surface area contributed by atoms with Crippen LogP contribution in [0.3, 0.4) is 0 Å². The summed E-state index contributed by atoms with van der Waals surface area (Å²) in [5, 5.41) is 4.29. The molecule has 4 nitrogen and oxygen atoms in total. The topological polar surface area (TPSA) is 46.9 Å². The third-order valence-corrected chi connectivity index (χ3v) is 3.99. The molecule has 1 aliphatic rings. The van der Waals surface area contributed by atoms with E-state index in [0.717, 1.165) is 34.8 Å². The average molecular weight is 297 g/mol. The smallest absolute Gasteiger partial charge is 0.175 e. The molecule has 0 aliphatic carbocycles. The highest BCUT2D eigenvalue weighted by Crippen LogP contribution is 2.31. The molecule has 0 amide bonds. The number of fused-ring (bicyclic) bond motifs is 1. The van der Waals surface area contributed by atoms with Gasteiger partial charge in [-0.3, -0.25) is 0 Å². The molecular formula is C13H17ClN4S. The van der Waals surface area contributed by atoms with E-state index in [9.17, 15) is 0 Å². The minimum Gasteiger partial charge on any atom is -0.367 e. The van der Waals surface area contributed by atoms with Crippen molar-refractivity contribution in [3.63, 3.8) is 0 Å². The predicted octanol–water partition coefficient (Wildman–Crippen LogP) is 3.07. The van der Waals surface area contributed by atoms with Crippen molar-refractivity contribution in [3.8, 4) is 0 Å². The van der Waals surface area contributed by atoms with E-state index in [2.05, 4.69) is 40.1 Å². The van der Waals surface area contributed by atoms with Gasteiger partial charge in [0, 0.05) is 25.2 Å². The largest absolute Gasteiger partial charge is 0.367 e. The normalized spacial score (nSPS) is 24.1. The molecule has 19 heavy (non-hydrogen) atoms. The average Bonchev–Trinajstić information content (AvgIpc) is 2.65.